The summed E-state index contributed by atoms with van der Waals surface area (Å²) >= 11 is 0. The van der Waals surface area contributed by atoms with Gasteiger partial charge in [0.25, 0.3) is 0 Å². The zero-order valence-corrected chi connectivity index (χ0v) is 19.0. The fourth-order valence-electron chi connectivity index (χ4n) is 5.86. The Bertz CT molecular complexity index is 2040. The van der Waals surface area contributed by atoms with Crippen LogP contribution < -0.4 is 0 Å². The van der Waals surface area contributed by atoms with Crippen LogP contribution >= 0.6 is 0 Å². The third-order valence-corrected chi connectivity index (χ3v) is 7.44. The maximum Gasteiger partial charge on any atom is 0.143 e. The molecule has 0 atom stereocenters. The van der Waals surface area contributed by atoms with Crippen LogP contribution in [0.2, 0.25) is 0 Å². The third-order valence-electron chi connectivity index (χ3n) is 7.44. The lowest BCUT2D eigenvalue weighted by atomic mass is 9.87. The third kappa shape index (κ3) is 2.58. The molecule has 0 amide bonds. The van der Waals surface area contributed by atoms with E-state index in [1.165, 1.54) is 49.0 Å². The molecule has 1 nitrogen and oxygen atoms in total. The summed E-state index contributed by atoms with van der Waals surface area (Å²) in [6, 6.07) is 43.6. The molecular weight excluding hydrogens is 424 g/mol. The highest BCUT2D eigenvalue weighted by Crippen LogP contribution is 2.44. The van der Waals surface area contributed by atoms with Gasteiger partial charge in [-0.15, -0.1) is 0 Å². The topological polar surface area (TPSA) is 13.1 Å². The van der Waals surface area contributed by atoms with Gasteiger partial charge in [-0.05, 0) is 55.1 Å². The first-order chi connectivity index (χ1) is 17.4. The van der Waals surface area contributed by atoms with Gasteiger partial charge >= 0.3 is 0 Å². The maximum absolute atomic E-state index is 6.41. The fraction of sp³-hybridized carbons (Fsp3) is 0. The van der Waals surface area contributed by atoms with E-state index in [9.17, 15) is 0 Å². The molecule has 0 aliphatic heterocycles. The highest BCUT2D eigenvalue weighted by molar-refractivity contribution is 6.28. The summed E-state index contributed by atoms with van der Waals surface area (Å²) in [4.78, 5) is 0. The van der Waals surface area contributed by atoms with Crippen LogP contribution in [0, 0.1) is 0 Å². The number of benzene rings is 7. The van der Waals surface area contributed by atoms with Crippen molar-refractivity contribution in [2.45, 2.75) is 0 Å². The van der Waals surface area contributed by atoms with Crippen LogP contribution in [0.5, 0.6) is 0 Å². The van der Waals surface area contributed by atoms with Crippen LogP contribution in [0.3, 0.4) is 0 Å². The standard InChI is InChI=1S/C34H20O/c1-2-7-21(8-3-1)24-17-13-22-16-20-28-25(18-14-23-15-19-27(24)32(22)33(23)28)29-10-6-11-30-26-9-4-5-12-31(26)35-34(29)30/h1-20H. The average molecular weight is 445 g/mol. The molecule has 0 bridgehead atoms. The molecule has 35 heavy (non-hydrogen) atoms. The molecule has 1 aromatic heterocycles. The molecule has 0 N–H and O–H groups in total. The molecule has 0 radical (unpaired) electrons. The minimum absolute atomic E-state index is 0.931. The van der Waals surface area contributed by atoms with E-state index in [0.29, 0.717) is 0 Å². The van der Waals surface area contributed by atoms with Crippen molar-refractivity contribution in [2.75, 3.05) is 0 Å². The molecule has 0 spiro atoms. The monoisotopic (exact) mass is 444 g/mol. The van der Waals surface area contributed by atoms with Crippen LogP contribution in [0.25, 0.3) is 76.5 Å². The van der Waals surface area contributed by atoms with E-state index >= 15 is 0 Å². The zero-order valence-electron chi connectivity index (χ0n) is 19.0. The van der Waals surface area contributed by atoms with Gasteiger partial charge in [0.05, 0.1) is 0 Å². The van der Waals surface area contributed by atoms with Crippen molar-refractivity contribution in [3.05, 3.63) is 121 Å². The second kappa shape index (κ2) is 6.94. The maximum atomic E-state index is 6.41. The molecular formula is C34H20O. The first-order valence-corrected chi connectivity index (χ1v) is 12.0. The molecule has 8 aromatic rings. The summed E-state index contributed by atoms with van der Waals surface area (Å²) in [5, 5.41) is 10.1. The predicted molar refractivity (Wildman–Crippen MR) is 148 cm³/mol. The van der Waals surface area contributed by atoms with Gasteiger partial charge in [0.2, 0.25) is 0 Å². The highest BCUT2D eigenvalue weighted by atomic mass is 16.3. The van der Waals surface area contributed by atoms with Crippen molar-refractivity contribution < 1.29 is 4.42 Å². The lowest BCUT2D eigenvalue weighted by molar-refractivity contribution is 0.670. The lowest BCUT2D eigenvalue weighted by Gasteiger charge is -2.16. The Morgan fingerprint density at radius 3 is 1.80 bits per heavy atom. The Morgan fingerprint density at radius 2 is 1.00 bits per heavy atom. The van der Waals surface area contributed by atoms with Crippen LogP contribution in [-0.4, -0.2) is 0 Å². The molecule has 1 heterocycles. The molecule has 8 rings (SSSR count). The van der Waals surface area contributed by atoms with Crippen molar-refractivity contribution in [1.29, 1.82) is 0 Å². The quantitative estimate of drug-likeness (QED) is 0.242. The number of fused-ring (bicyclic) bond motifs is 3. The van der Waals surface area contributed by atoms with E-state index < -0.39 is 0 Å². The summed E-state index contributed by atoms with van der Waals surface area (Å²) in [6.45, 7) is 0. The van der Waals surface area contributed by atoms with Gasteiger partial charge in [0.1, 0.15) is 11.2 Å². The minimum Gasteiger partial charge on any atom is -0.455 e. The molecule has 7 aromatic carbocycles. The molecule has 162 valence electrons. The van der Waals surface area contributed by atoms with Gasteiger partial charge in [-0.2, -0.15) is 0 Å². The highest BCUT2D eigenvalue weighted by Gasteiger charge is 2.17. The van der Waals surface area contributed by atoms with Crippen molar-refractivity contribution in [2.24, 2.45) is 0 Å². The molecule has 0 saturated heterocycles. The van der Waals surface area contributed by atoms with E-state index in [4.69, 9.17) is 4.42 Å². The van der Waals surface area contributed by atoms with Gasteiger partial charge < -0.3 is 4.42 Å². The normalized spacial score (nSPS) is 12.0. The first kappa shape index (κ1) is 18.8. The van der Waals surface area contributed by atoms with Gasteiger partial charge in [0, 0.05) is 16.3 Å². The second-order valence-corrected chi connectivity index (χ2v) is 9.30. The lowest BCUT2D eigenvalue weighted by Crippen LogP contribution is -1.89. The second-order valence-electron chi connectivity index (χ2n) is 9.30. The van der Waals surface area contributed by atoms with Crippen molar-refractivity contribution in [3.63, 3.8) is 0 Å². The molecule has 1 heteroatoms. The Kier molecular flexibility index (Phi) is 3.72. The number of para-hydroxylation sites is 2. The molecule has 0 unspecified atom stereocenters. The van der Waals surface area contributed by atoms with Crippen LogP contribution in [-0.2, 0) is 0 Å². The van der Waals surface area contributed by atoms with Gasteiger partial charge in [-0.1, -0.05) is 115 Å². The number of rotatable bonds is 2. The Hall–Kier alpha value is -4.62. The van der Waals surface area contributed by atoms with E-state index in [2.05, 4.69) is 109 Å². The zero-order chi connectivity index (χ0) is 22.9. The molecule has 0 aliphatic carbocycles. The van der Waals surface area contributed by atoms with Crippen molar-refractivity contribution in [3.8, 4) is 22.3 Å². The summed E-state index contributed by atoms with van der Waals surface area (Å²) in [7, 11) is 0. The van der Waals surface area contributed by atoms with E-state index in [1.54, 1.807) is 0 Å². The first-order valence-electron chi connectivity index (χ1n) is 12.0. The Labute approximate surface area is 202 Å². The summed E-state index contributed by atoms with van der Waals surface area (Å²) in [6.07, 6.45) is 0. The van der Waals surface area contributed by atoms with Gasteiger partial charge in [0.15, 0.2) is 0 Å². The Balaban J connectivity index is 1.49. The van der Waals surface area contributed by atoms with Gasteiger partial charge in [-0.25, -0.2) is 0 Å². The summed E-state index contributed by atoms with van der Waals surface area (Å²) in [5.74, 6) is 0. The predicted octanol–water partition coefficient (Wildman–Crippen LogP) is 9.82. The molecule has 0 aliphatic rings. The van der Waals surface area contributed by atoms with E-state index in [1.807, 2.05) is 12.1 Å². The average Bonchev–Trinajstić information content (AvgIpc) is 3.31. The van der Waals surface area contributed by atoms with Crippen molar-refractivity contribution >= 4 is 54.3 Å². The van der Waals surface area contributed by atoms with E-state index in [-0.39, 0.29) is 0 Å². The smallest absolute Gasteiger partial charge is 0.143 e. The SMILES string of the molecule is c1ccc(-c2ccc3ccc4c(-c5cccc6c5oc5ccccc56)ccc5ccc2c3c54)cc1. The largest absolute Gasteiger partial charge is 0.455 e. The summed E-state index contributed by atoms with van der Waals surface area (Å²) in [5.41, 5.74) is 6.76. The molecule has 0 saturated carbocycles. The van der Waals surface area contributed by atoms with Crippen LogP contribution in [0.15, 0.2) is 126 Å². The number of hydrogen-bond acceptors (Lipinski definition) is 1. The number of furan rings is 1. The van der Waals surface area contributed by atoms with Gasteiger partial charge in [-0.3, -0.25) is 0 Å². The van der Waals surface area contributed by atoms with Crippen LogP contribution in [0.4, 0.5) is 0 Å². The van der Waals surface area contributed by atoms with Crippen LogP contribution in [0.1, 0.15) is 0 Å². The Morgan fingerprint density at radius 1 is 0.371 bits per heavy atom. The fourth-order valence-corrected chi connectivity index (χ4v) is 5.86. The number of hydrogen-bond donors (Lipinski definition) is 0. The summed E-state index contributed by atoms with van der Waals surface area (Å²) < 4.78 is 6.41. The molecule has 0 fully saturated rings. The van der Waals surface area contributed by atoms with E-state index in [0.717, 1.165) is 27.5 Å². The minimum atomic E-state index is 0.931. The van der Waals surface area contributed by atoms with Crippen molar-refractivity contribution in [1.82, 2.24) is 0 Å².